The summed E-state index contributed by atoms with van der Waals surface area (Å²) in [7, 11) is 1.94. The largest absolute Gasteiger partial charge is 0.460 e. The number of aldehydes is 1. The van der Waals surface area contributed by atoms with Crippen molar-refractivity contribution in [1.82, 2.24) is 4.90 Å². The van der Waals surface area contributed by atoms with Crippen molar-refractivity contribution in [3.8, 4) is 0 Å². The average Bonchev–Trinajstić information content (AvgIpc) is 3.64. The quantitative estimate of drug-likeness (QED) is 0.281. The van der Waals surface area contributed by atoms with Gasteiger partial charge in [-0.2, -0.15) is 0 Å². The number of nitrogens with one attached hydrogen (secondary N) is 1. The van der Waals surface area contributed by atoms with Crippen LogP contribution in [0.25, 0.3) is 0 Å². The summed E-state index contributed by atoms with van der Waals surface area (Å²) in [5.41, 5.74) is -1.55. The van der Waals surface area contributed by atoms with Crippen molar-refractivity contribution in [2.45, 2.75) is 49.9 Å². The van der Waals surface area contributed by atoms with E-state index in [2.05, 4.69) is 10.2 Å². The number of hydrogen-bond acceptors (Lipinski definition) is 8. The lowest BCUT2D eigenvalue weighted by atomic mass is 9.91. The second kappa shape index (κ2) is 12.1. The first-order valence-electron chi connectivity index (χ1n) is 12.1. The van der Waals surface area contributed by atoms with Crippen LogP contribution in [0.2, 0.25) is 0 Å². The molecule has 196 valence electrons. The van der Waals surface area contributed by atoms with E-state index < -0.39 is 17.4 Å². The molecule has 1 saturated carbocycles. The number of esters is 1. The van der Waals surface area contributed by atoms with Crippen molar-refractivity contribution in [3.63, 3.8) is 0 Å². The van der Waals surface area contributed by atoms with E-state index in [1.807, 2.05) is 17.8 Å². The van der Waals surface area contributed by atoms with Gasteiger partial charge in [-0.1, -0.05) is 12.1 Å². The molecule has 2 aromatic heterocycles. The summed E-state index contributed by atoms with van der Waals surface area (Å²) in [5, 5.41) is 17.6. The number of rotatable bonds is 10. The predicted octanol–water partition coefficient (Wildman–Crippen LogP) is 4.81. The summed E-state index contributed by atoms with van der Waals surface area (Å²) in [6, 6.07) is 11.2. The van der Waals surface area contributed by atoms with Crippen molar-refractivity contribution in [1.29, 1.82) is 0 Å². The molecule has 1 amide bonds. The molecule has 2 heterocycles. The Morgan fingerprint density at radius 3 is 2.32 bits per heavy atom. The zero-order valence-corrected chi connectivity index (χ0v) is 22.0. The van der Waals surface area contributed by atoms with Gasteiger partial charge in [0.15, 0.2) is 0 Å². The maximum atomic E-state index is 14.0. The maximum Gasteiger partial charge on any atom is 0.349 e. The molecular weight excluding hydrogens is 515 g/mol. The van der Waals surface area contributed by atoms with Crippen LogP contribution in [0.4, 0.5) is 10.1 Å². The molecule has 1 aromatic carbocycles. The fraction of sp³-hybridized carbons (Fsp3) is 0.370. The van der Waals surface area contributed by atoms with E-state index in [4.69, 9.17) is 4.74 Å². The zero-order valence-electron chi connectivity index (χ0n) is 20.4. The smallest absolute Gasteiger partial charge is 0.349 e. The Bertz CT molecular complexity index is 1170. The van der Waals surface area contributed by atoms with Gasteiger partial charge >= 0.3 is 5.97 Å². The molecule has 10 heteroatoms. The molecule has 2 N–H and O–H groups in total. The molecule has 1 aliphatic rings. The van der Waals surface area contributed by atoms with Crippen molar-refractivity contribution in [3.05, 3.63) is 74.4 Å². The Kier molecular flexibility index (Phi) is 8.86. The van der Waals surface area contributed by atoms with Gasteiger partial charge in [-0.15, -0.1) is 22.7 Å². The third-order valence-electron chi connectivity index (χ3n) is 6.69. The van der Waals surface area contributed by atoms with Crippen LogP contribution in [0.15, 0.2) is 53.2 Å². The Morgan fingerprint density at radius 1 is 1.14 bits per heavy atom. The highest BCUT2D eigenvalue weighted by Crippen LogP contribution is 2.38. The number of anilines is 1. The van der Waals surface area contributed by atoms with Crippen LogP contribution in [-0.2, 0) is 19.9 Å². The molecule has 7 nitrogen and oxygen atoms in total. The highest BCUT2D eigenvalue weighted by molar-refractivity contribution is 7.12. The molecule has 0 aliphatic heterocycles. The zero-order chi connectivity index (χ0) is 26.4. The monoisotopic (exact) mass is 544 g/mol. The molecule has 0 atom stereocenters. The number of benzene rings is 1. The van der Waals surface area contributed by atoms with Crippen LogP contribution in [0.5, 0.6) is 0 Å². The third-order valence-corrected chi connectivity index (χ3v) is 8.64. The normalized spacial score (nSPS) is 17.9. The first kappa shape index (κ1) is 27.1. The van der Waals surface area contributed by atoms with Crippen molar-refractivity contribution >= 4 is 46.5 Å². The number of ether oxygens (including phenoxy) is 1. The maximum absolute atomic E-state index is 14.0. The molecule has 37 heavy (non-hydrogen) atoms. The summed E-state index contributed by atoms with van der Waals surface area (Å²) in [6.07, 6.45) is 3.34. The summed E-state index contributed by atoms with van der Waals surface area (Å²) < 4.78 is 19.8. The number of hydrogen-bond donors (Lipinski definition) is 2. The lowest BCUT2D eigenvalue weighted by molar-refractivity contribution is -0.169. The van der Waals surface area contributed by atoms with E-state index in [-0.39, 0.29) is 35.7 Å². The summed E-state index contributed by atoms with van der Waals surface area (Å²) in [6.45, 7) is 0.492. The van der Waals surface area contributed by atoms with Gasteiger partial charge in [0.25, 0.3) is 0 Å². The van der Waals surface area contributed by atoms with Gasteiger partial charge in [-0.25, -0.2) is 9.18 Å². The Labute approximate surface area is 222 Å². The minimum absolute atomic E-state index is 0.0469. The van der Waals surface area contributed by atoms with E-state index in [0.717, 1.165) is 18.9 Å². The second-order valence-corrected chi connectivity index (χ2v) is 11.0. The number of nitrogens with zero attached hydrogens (tertiary/aromatic N) is 1. The Balaban J connectivity index is 1.25. The van der Waals surface area contributed by atoms with Crippen LogP contribution >= 0.6 is 22.7 Å². The standard InChI is InChI=1S/C27H29FN2O5S2/c1-30(13-12-25(32)29-22-11-6-18(17-31)16-21(22)28)19-7-9-20(10-8-19)35-26(33)27(34,23-4-2-14-36-23)24-5-3-15-37-24/h2-6,11,14-17,19-20,34H,7-10,12-13H2,1H3,(H,29,32). The molecule has 0 unspecified atom stereocenters. The fourth-order valence-corrected chi connectivity index (χ4v) is 6.23. The van der Waals surface area contributed by atoms with Crippen LogP contribution in [0.1, 0.15) is 52.2 Å². The van der Waals surface area contributed by atoms with E-state index in [9.17, 15) is 23.9 Å². The number of carbonyl (C=O) groups excluding carboxylic acids is 3. The van der Waals surface area contributed by atoms with Gasteiger partial charge in [0.2, 0.25) is 11.5 Å². The molecule has 1 fully saturated rings. The highest BCUT2D eigenvalue weighted by atomic mass is 32.1. The number of carbonyl (C=O) groups is 3. The van der Waals surface area contributed by atoms with E-state index in [1.165, 1.54) is 34.8 Å². The van der Waals surface area contributed by atoms with Gasteiger partial charge in [0, 0.05) is 24.6 Å². The van der Waals surface area contributed by atoms with Crippen LogP contribution in [0, 0.1) is 5.82 Å². The molecule has 3 aromatic rings. The summed E-state index contributed by atoms with van der Waals surface area (Å²) in [5.74, 6) is -1.61. The van der Waals surface area contributed by atoms with Crippen LogP contribution in [-0.4, -0.2) is 53.9 Å². The molecular formula is C27H29FN2O5S2. The number of halogens is 1. The van der Waals surface area contributed by atoms with E-state index in [1.54, 1.807) is 24.3 Å². The first-order valence-corrected chi connectivity index (χ1v) is 13.8. The lowest BCUT2D eigenvalue weighted by Crippen LogP contribution is -2.42. The number of thiophene rings is 2. The fourth-order valence-electron chi connectivity index (χ4n) is 4.51. The summed E-state index contributed by atoms with van der Waals surface area (Å²) in [4.78, 5) is 39.4. The minimum atomic E-state index is -1.81. The number of aliphatic hydroxyl groups is 1. The Morgan fingerprint density at radius 2 is 1.78 bits per heavy atom. The molecule has 0 radical (unpaired) electrons. The van der Waals surface area contributed by atoms with E-state index in [0.29, 0.717) is 35.4 Å². The molecule has 0 spiro atoms. The Hall–Kier alpha value is -2.92. The first-order chi connectivity index (χ1) is 17.8. The van der Waals surface area contributed by atoms with Crippen molar-refractivity contribution in [2.24, 2.45) is 0 Å². The third kappa shape index (κ3) is 6.32. The molecule has 1 aliphatic carbocycles. The molecule has 0 saturated heterocycles. The second-order valence-electron chi connectivity index (χ2n) is 9.14. The summed E-state index contributed by atoms with van der Waals surface area (Å²) >= 11 is 2.63. The highest BCUT2D eigenvalue weighted by Gasteiger charge is 2.45. The van der Waals surface area contributed by atoms with Crippen molar-refractivity contribution in [2.75, 3.05) is 18.9 Å². The van der Waals surface area contributed by atoms with Gasteiger partial charge in [0.05, 0.1) is 15.4 Å². The predicted molar refractivity (Wildman–Crippen MR) is 141 cm³/mol. The van der Waals surface area contributed by atoms with Crippen LogP contribution in [0.3, 0.4) is 0 Å². The van der Waals surface area contributed by atoms with Gasteiger partial charge in [-0.05, 0) is 73.8 Å². The van der Waals surface area contributed by atoms with Gasteiger partial charge < -0.3 is 20.1 Å². The number of amides is 1. The van der Waals surface area contributed by atoms with Gasteiger partial charge in [-0.3, -0.25) is 9.59 Å². The topological polar surface area (TPSA) is 95.9 Å². The minimum Gasteiger partial charge on any atom is -0.460 e. The molecule has 4 rings (SSSR count). The molecule has 0 bridgehead atoms. The SMILES string of the molecule is CN(CCC(=O)Nc1ccc(C=O)cc1F)C1CCC(OC(=O)C(O)(c2cccs2)c2cccs2)CC1. The van der Waals surface area contributed by atoms with Gasteiger partial charge in [0.1, 0.15) is 18.2 Å². The van der Waals surface area contributed by atoms with E-state index >= 15 is 0 Å². The lowest BCUT2D eigenvalue weighted by Gasteiger charge is -2.35. The average molecular weight is 545 g/mol. The van der Waals surface area contributed by atoms with Crippen LogP contribution < -0.4 is 5.32 Å². The van der Waals surface area contributed by atoms with Crippen molar-refractivity contribution < 1.29 is 28.6 Å².